The number of esters is 2. The Morgan fingerprint density at radius 3 is 2.62 bits per heavy atom. The number of alkyl halides is 2. The number of cyclic esters (lactones) is 2. The van der Waals surface area contributed by atoms with Gasteiger partial charge >= 0.3 is 11.9 Å². The standard InChI is InChI=1S/C8H8Br2O3/c9-8(10)3-1-2-4-5(8)7(12)13-6(4)11/h4-5H,1-3H2. The number of hydrogen-bond acceptors (Lipinski definition) is 3. The lowest BCUT2D eigenvalue weighted by molar-refractivity contribution is -0.153. The smallest absolute Gasteiger partial charge is 0.319 e. The molecule has 3 nitrogen and oxygen atoms in total. The minimum absolute atomic E-state index is 0.250. The molecule has 1 saturated carbocycles. The van der Waals surface area contributed by atoms with Crippen LogP contribution in [0.25, 0.3) is 0 Å². The molecule has 2 rings (SSSR count). The molecule has 0 aromatic heterocycles. The first kappa shape index (κ1) is 9.65. The van der Waals surface area contributed by atoms with Crippen LogP contribution in [0.4, 0.5) is 0 Å². The predicted molar refractivity (Wildman–Crippen MR) is 52.5 cm³/mol. The normalized spacial score (nSPS) is 37.1. The number of ether oxygens (including phenoxy) is 1. The van der Waals surface area contributed by atoms with Crippen molar-refractivity contribution in [2.75, 3.05) is 0 Å². The molecule has 13 heavy (non-hydrogen) atoms. The lowest BCUT2D eigenvalue weighted by Crippen LogP contribution is -2.37. The highest BCUT2D eigenvalue weighted by Gasteiger charge is 2.55. The van der Waals surface area contributed by atoms with Gasteiger partial charge in [-0.3, -0.25) is 9.59 Å². The molecule has 1 saturated heterocycles. The molecule has 5 heteroatoms. The molecule has 0 aromatic rings. The predicted octanol–water partition coefficient (Wildman–Crippen LogP) is 1.97. The minimum atomic E-state index is -0.438. The summed E-state index contributed by atoms with van der Waals surface area (Å²) in [5.41, 5.74) is 0. The Bertz CT molecular complexity index is 275. The second-order valence-corrected chi connectivity index (χ2v) is 7.37. The van der Waals surface area contributed by atoms with Crippen molar-refractivity contribution in [2.45, 2.75) is 22.5 Å². The Kier molecular flexibility index (Phi) is 2.27. The molecule has 0 N–H and O–H groups in total. The van der Waals surface area contributed by atoms with Gasteiger partial charge in [0, 0.05) is 0 Å². The fourth-order valence-corrected chi connectivity index (χ4v) is 3.58. The van der Waals surface area contributed by atoms with Crippen LogP contribution in [0.1, 0.15) is 19.3 Å². The van der Waals surface area contributed by atoms with E-state index in [1.165, 1.54) is 0 Å². The van der Waals surface area contributed by atoms with Crippen LogP contribution < -0.4 is 0 Å². The van der Waals surface area contributed by atoms with Crippen molar-refractivity contribution in [3.63, 3.8) is 0 Å². The molecular weight excluding hydrogens is 304 g/mol. The van der Waals surface area contributed by atoms with Gasteiger partial charge in [-0.15, -0.1) is 0 Å². The van der Waals surface area contributed by atoms with Crippen LogP contribution in [0, 0.1) is 11.8 Å². The van der Waals surface area contributed by atoms with E-state index in [-0.39, 0.29) is 17.8 Å². The van der Waals surface area contributed by atoms with Gasteiger partial charge in [0.1, 0.15) is 0 Å². The summed E-state index contributed by atoms with van der Waals surface area (Å²) in [5, 5.41) is 0. The highest BCUT2D eigenvalue weighted by molar-refractivity contribution is 9.25. The molecule has 1 aliphatic carbocycles. The maximum atomic E-state index is 11.3. The second-order valence-electron chi connectivity index (χ2n) is 3.48. The summed E-state index contributed by atoms with van der Waals surface area (Å²) >= 11 is 6.86. The van der Waals surface area contributed by atoms with Crippen molar-refractivity contribution in [3.8, 4) is 0 Å². The van der Waals surface area contributed by atoms with Crippen LogP contribution in [0.3, 0.4) is 0 Å². The van der Waals surface area contributed by atoms with Gasteiger partial charge in [0.15, 0.2) is 0 Å². The first-order chi connectivity index (χ1) is 6.02. The average molecular weight is 312 g/mol. The van der Waals surface area contributed by atoms with Gasteiger partial charge in [-0.25, -0.2) is 0 Å². The molecule has 2 unspecified atom stereocenters. The largest absolute Gasteiger partial charge is 0.393 e. The molecule has 0 spiro atoms. The summed E-state index contributed by atoms with van der Waals surface area (Å²) < 4.78 is 4.17. The summed E-state index contributed by atoms with van der Waals surface area (Å²) in [6.45, 7) is 0. The molecule has 2 fully saturated rings. The van der Waals surface area contributed by atoms with Crippen LogP contribution in [-0.4, -0.2) is 15.2 Å². The van der Waals surface area contributed by atoms with E-state index in [4.69, 9.17) is 0 Å². The van der Waals surface area contributed by atoms with Crippen molar-refractivity contribution in [3.05, 3.63) is 0 Å². The lowest BCUT2D eigenvalue weighted by Gasteiger charge is -2.32. The third kappa shape index (κ3) is 1.46. The van der Waals surface area contributed by atoms with E-state index >= 15 is 0 Å². The summed E-state index contributed by atoms with van der Waals surface area (Å²) in [6, 6.07) is 0. The van der Waals surface area contributed by atoms with E-state index < -0.39 is 9.20 Å². The van der Waals surface area contributed by atoms with E-state index in [1.807, 2.05) is 0 Å². The number of fused-ring (bicyclic) bond motifs is 1. The van der Waals surface area contributed by atoms with Crippen molar-refractivity contribution >= 4 is 43.8 Å². The average Bonchev–Trinajstić information content (AvgIpc) is 2.27. The third-order valence-electron chi connectivity index (χ3n) is 2.64. The van der Waals surface area contributed by atoms with Crippen LogP contribution >= 0.6 is 31.9 Å². The number of halogens is 2. The van der Waals surface area contributed by atoms with Crippen molar-refractivity contribution in [1.29, 1.82) is 0 Å². The van der Waals surface area contributed by atoms with Crippen molar-refractivity contribution in [2.24, 2.45) is 11.8 Å². The monoisotopic (exact) mass is 310 g/mol. The zero-order chi connectivity index (χ0) is 9.64. The summed E-state index contributed by atoms with van der Waals surface area (Å²) in [7, 11) is 0. The van der Waals surface area contributed by atoms with E-state index in [1.54, 1.807) is 0 Å². The summed E-state index contributed by atoms with van der Waals surface area (Å²) in [6.07, 6.45) is 2.53. The quantitative estimate of drug-likeness (QED) is 0.390. The molecule has 0 aromatic carbocycles. The van der Waals surface area contributed by atoms with Crippen LogP contribution in [0.15, 0.2) is 0 Å². The van der Waals surface area contributed by atoms with E-state index in [0.717, 1.165) is 19.3 Å². The van der Waals surface area contributed by atoms with Gasteiger partial charge in [0.05, 0.1) is 15.1 Å². The van der Waals surface area contributed by atoms with Gasteiger partial charge in [0.25, 0.3) is 0 Å². The first-order valence-electron chi connectivity index (χ1n) is 4.16. The first-order valence-corrected chi connectivity index (χ1v) is 5.74. The van der Waals surface area contributed by atoms with E-state index in [2.05, 4.69) is 36.6 Å². The molecule has 72 valence electrons. The minimum Gasteiger partial charge on any atom is -0.393 e. The van der Waals surface area contributed by atoms with Gasteiger partial charge in [-0.1, -0.05) is 38.3 Å². The lowest BCUT2D eigenvalue weighted by atomic mass is 9.81. The zero-order valence-corrected chi connectivity index (χ0v) is 9.93. The Hall–Kier alpha value is 0.1000. The number of carbonyl (C=O) groups is 2. The molecule has 1 heterocycles. The van der Waals surface area contributed by atoms with Gasteiger partial charge in [0.2, 0.25) is 0 Å². The number of rotatable bonds is 0. The molecule has 0 bridgehead atoms. The summed E-state index contributed by atoms with van der Waals surface area (Å²) in [5.74, 6) is -1.37. The molecule has 0 radical (unpaired) electrons. The highest BCUT2D eigenvalue weighted by atomic mass is 79.9. The Labute approximate surface area is 92.5 Å². The fourth-order valence-electron chi connectivity index (χ4n) is 2.00. The van der Waals surface area contributed by atoms with Crippen molar-refractivity contribution < 1.29 is 14.3 Å². The number of hydrogen-bond donors (Lipinski definition) is 0. The maximum absolute atomic E-state index is 11.3. The maximum Gasteiger partial charge on any atom is 0.319 e. The molecule has 2 aliphatic rings. The van der Waals surface area contributed by atoms with E-state index in [9.17, 15) is 9.59 Å². The molecule has 1 aliphatic heterocycles. The van der Waals surface area contributed by atoms with E-state index in [0.29, 0.717) is 0 Å². The fraction of sp³-hybridized carbons (Fsp3) is 0.750. The zero-order valence-electron chi connectivity index (χ0n) is 6.76. The van der Waals surface area contributed by atoms with Crippen molar-refractivity contribution in [1.82, 2.24) is 0 Å². The second kappa shape index (κ2) is 3.05. The highest BCUT2D eigenvalue weighted by Crippen LogP contribution is 2.51. The SMILES string of the molecule is O=C1OC(=O)C2C1CCCC2(Br)Br. The van der Waals surface area contributed by atoms with Crippen LogP contribution in [0.5, 0.6) is 0 Å². The van der Waals surface area contributed by atoms with Gasteiger partial charge in [-0.2, -0.15) is 0 Å². The Balaban J connectivity index is 2.32. The molecular formula is C8H8Br2O3. The van der Waals surface area contributed by atoms with Crippen LogP contribution in [-0.2, 0) is 14.3 Å². The third-order valence-corrected chi connectivity index (χ3v) is 4.42. The Morgan fingerprint density at radius 1 is 1.31 bits per heavy atom. The van der Waals surface area contributed by atoms with Gasteiger partial charge < -0.3 is 4.74 Å². The topological polar surface area (TPSA) is 43.4 Å². The molecule has 0 amide bonds. The van der Waals surface area contributed by atoms with Gasteiger partial charge in [-0.05, 0) is 12.8 Å². The Morgan fingerprint density at radius 2 is 2.00 bits per heavy atom. The number of carbonyl (C=O) groups excluding carboxylic acids is 2. The molecule has 2 atom stereocenters. The summed E-state index contributed by atoms with van der Waals surface area (Å²) in [4.78, 5) is 22.6. The van der Waals surface area contributed by atoms with Crippen LogP contribution in [0.2, 0.25) is 0 Å².